The van der Waals surface area contributed by atoms with Gasteiger partial charge < -0.3 is 4.74 Å². The smallest absolute Gasteiger partial charge is 0.309 e. The van der Waals surface area contributed by atoms with Gasteiger partial charge in [-0.3, -0.25) is 9.59 Å². The molecule has 0 bridgehead atoms. The number of ether oxygens (including phenoxy) is 1. The summed E-state index contributed by atoms with van der Waals surface area (Å²) in [6, 6.07) is 7.45. The minimum Gasteiger partial charge on any atom is -0.469 e. The zero-order chi connectivity index (χ0) is 14.4. The van der Waals surface area contributed by atoms with Crippen LogP contribution in [0.25, 0.3) is 0 Å². The van der Waals surface area contributed by atoms with Crippen LogP contribution >= 0.6 is 0 Å². The van der Waals surface area contributed by atoms with Gasteiger partial charge in [0.2, 0.25) is 0 Å². The molecule has 0 amide bonds. The maximum atomic E-state index is 12.2. The number of hydrogen-bond donors (Lipinski definition) is 0. The van der Waals surface area contributed by atoms with Gasteiger partial charge in [0.15, 0.2) is 5.78 Å². The molecule has 1 rings (SSSR count). The zero-order valence-electron chi connectivity index (χ0n) is 12.1. The molecule has 104 valence electrons. The first kappa shape index (κ1) is 15.4. The summed E-state index contributed by atoms with van der Waals surface area (Å²) in [5.74, 6) is -0.290. The van der Waals surface area contributed by atoms with E-state index in [1.54, 1.807) is 6.07 Å². The molecule has 19 heavy (non-hydrogen) atoms. The van der Waals surface area contributed by atoms with E-state index in [2.05, 4.69) is 0 Å². The molecule has 3 heteroatoms. The third-order valence-corrected chi connectivity index (χ3v) is 3.06. The van der Waals surface area contributed by atoms with Crippen molar-refractivity contribution in [2.45, 2.75) is 33.6 Å². The van der Waals surface area contributed by atoms with Crippen LogP contribution < -0.4 is 0 Å². The van der Waals surface area contributed by atoms with Crippen molar-refractivity contribution in [2.24, 2.45) is 11.8 Å². The molecular weight excluding hydrogens is 240 g/mol. The molecule has 0 saturated carbocycles. The van der Waals surface area contributed by atoms with Crippen molar-refractivity contribution < 1.29 is 14.3 Å². The lowest BCUT2D eigenvalue weighted by Gasteiger charge is -2.16. The minimum absolute atomic E-state index is 0.000231. The van der Waals surface area contributed by atoms with Gasteiger partial charge in [-0.1, -0.05) is 37.6 Å². The average molecular weight is 262 g/mol. The van der Waals surface area contributed by atoms with Crippen LogP contribution in [0.3, 0.4) is 0 Å². The van der Waals surface area contributed by atoms with Crippen molar-refractivity contribution in [3.8, 4) is 0 Å². The number of ketones is 1. The van der Waals surface area contributed by atoms with E-state index < -0.39 is 0 Å². The van der Waals surface area contributed by atoms with Crippen LogP contribution in [0.4, 0.5) is 0 Å². The van der Waals surface area contributed by atoms with Gasteiger partial charge in [0.1, 0.15) is 0 Å². The number of aryl methyl sites for hydroxylation is 1. The Morgan fingerprint density at radius 2 is 1.95 bits per heavy atom. The van der Waals surface area contributed by atoms with Crippen molar-refractivity contribution in [2.75, 3.05) is 7.11 Å². The fourth-order valence-electron chi connectivity index (χ4n) is 2.16. The number of hydrogen-bond acceptors (Lipinski definition) is 3. The lowest BCUT2D eigenvalue weighted by molar-refractivity contribution is -0.145. The van der Waals surface area contributed by atoms with Crippen molar-refractivity contribution in [3.63, 3.8) is 0 Å². The van der Waals surface area contributed by atoms with Crippen LogP contribution in [-0.4, -0.2) is 18.9 Å². The van der Waals surface area contributed by atoms with Crippen LogP contribution in [0, 0.1) is 18.8 Å². The van der Waals surface area contributed by atoms with Crippen LogP contribution in [0.15, 0.2) is 24.3 Å². The van der Waals surface area contributed by atoms with Crippen LogP contribution in [0.2, 0.25) is 0 Å². The van der Waals surface area contributed by atoms with Gasteiger partial charge >= 0.3 is 5.97 Å². The van der Waals surface area contributed by atoms with Gasteiger partial charge in [-0.25, -0.2) is 0 Å². The highest BCUT2D eigenvalue weighted by Gasteiger charge is 2.24. The predicted molar refractivity (Wildman–Crippen MR) is 75.1 cm³/mol. The highest BCUT2D eigenvalue weighted by molar-refractivity contribution is 5.98. The summed E-state index contributed by atoms with van der Waals surface area (Å²) in [4.78, 5) is 23.9. The molecule has 0 fully saturated rings. The van der Waals surface area contributed by atoms with E-state index in [0.717, 1.165) is 5.56 Å². The Labute approximate surface area is 115 Å². The Balaban J connectivity index is 2.78. The number of carbonyl (C=O) groups is 2. The van der Waals surface area contributed by atoms with Gasteiger partial charge in [-0.15, -0.1) is 0 Å². The Bertz CT molecular complexity index is 449. The maximum absolute atomic E-state index is 12.2. The SMILES string of the molecule is COC(=O)[C@H](CC(=O)c1cccc(C)c1)CC(C)C. The summed E-state index contributed by atoms with van der Waals surface area (Å²) < 4.78 is 4.78. The van der Waals surface area contributed by atoms with Crippen LogP contribution in [-0.2, 0) is 9.53 Å². The van der Waals surface area contributed by atoms with Crippen LogP contribution in [0.5, 0.6) is 0 Å². The van der Waals surface area contributed by atoms with Crippen molar-refractivity contribution >= 4 is 11.8 Å². The normalized spacial score (nSPS) is 12.3. The van der Waals surface area contributed by atoms with Gasteiger partial charge in [0, 0.05) is 12.0 Å². The average Bonchev–Trinajstić information content (AvgIpc) is 2.36. The lowest BCUT2D eigenvalue weighted by Crippen LogP contribution is -2.21. The molecule has 0 spiro atoms. The van der Waals surface area contributed by atoms with Crippen LogP contribution in [0.1, 0.15) is 42.6 Å². The van der Waals surface area contributed by atoms with Gasteiger partial charge in [-0.05, 0) is 25.3 Å². The summed E-state index contributed by atoms with van der Waals surface area (Å²) in [5.41, 5.74) is 1.71. The third-order valence-electron chi connectivity index (χ3n) is 3.06. The van der Waals surface area contributed by atoms with Gasteiger partial charge in [0.05, 0.1) is 13.0 Å². The first-order valence-electron chi connectivity index (χ1n) is 6.61. The zero-order valence-corrected chi connectivity index (χ0v) is 12.1. The fourth-order valence-corrected chi connectivity index (χ4v) is 2.16. The summed E-state index contributed by atoms with van der Waals surface area (Å²) in [6.45, 7) is 6.02. The maximum Gasteiger partial charge on any atom is 0.309 e. The van der Waals surface area contributed by atoms with Crippen molar-refractivity contribution in [1.82, 2.24) is 0 Å². The molecule has 0 N–H and O–H groups in total. The van der Waals surface area contributed by atoms with E-state index in [-0.39, 0.29) is 24.1 Å². The number of methoxy groups -OCH3 is 1. The van der Waals surface area contributed by atoms with E-state index in [9.17, 15) is 9.59 Å². The van der Waals surface area contributed by atoms with E-state index in [1.165, 1.54) is 7.11 Å². The highest BCUT2D eigenvalue weighted by Crippen LogP contribution is 2.20. The fraction of sp³-hybridized carbons (Fsp3) is 0.500. The number of Topliss-reactive ketones (excluding diaryl/α,β-unsaturated/α-hetero) is 1. The molecule has 0 heterocycles. The lowest BCUT2D eigenvalue weighted by atomic mass is 9.90. The molecule has 1 atom stereocenters. The third kappa shape index (κ3) is 4.86. The quantitative estimate of drug-likeness (QED) is 0.583. The Morgan fingerprint density at radius 1 is 1.26 bits per heavy atom. The summed E-state index contributed by atoms with van der Waals surface area (Å²) in [5, 5.41) is 0. The molecule has 0 aliphatic carbocycles. The number of carbonyl (C=O) groups excluding carboxylic acids is 2. The molecule has 0 aromatic heterocycles. The first-order chi connectivity index (χ1) is 8.93. The standard InChI is InChI=1S/C16H22O3/c1-11(2)8-14(16(18)19-4)10-15(17)13-7-5-6-12(3)9-13/h5-7,9,11,14H,8,10H2,1-4H3/t14-/m0/s1. The summed E-state index contributed by atoms with van der Waals surface area (Å²) in [6.07, 6.45) is 0.887. The number of esters is 1. The number of rotatable bonds is 6. The Kier molecular flexibility index (Phi) is 5.74. The molecule has 1 aromatic rings. The van der Waals surface area contributed by atoms with E-state index in [4.69, 9.17) is 4.74 Å². The largest absolute Gasteiger partial charge is 0.469 e. The molecule has 3 nitrogen and oxygen atoms in total. The molecule has 0 aliphatic heterocycles. The summed E-state index contributed by atoms with van der Waals surface area (Å²) in [7, 11) is 1.37. The van der Waals surface area contributed by atoms with Gasteiger partial charge in [-0.2, -0.15) is 0 Å². The molecule has 0 radical (unpaired) electrons. The molecule has 0 aliphatic rings. The second-order valence-electron chi connectivity index (χ2n) is 5.35. The first-order valence-corrected chi connectivity index (χ1v) is 6.61. The Morgan fingerprint density at radius 3 is 2.47 bits per heavy atom. The molecule has 0 unspecified atom stereocenters. The van der Waals surface area contributed by atoms with Crippen molar-refractivity contribution in [1.29, 1.82) is 0 Å². The highest BCUT2D eigenvalue weighted by atomic mass is 16.5. The summed E-state index contributed by atoms with van der Waals surface area (Å²) >= 11 is 0. The van der Waals surface area contributed by atoms with E-state index in [1.807, 2.05) is 39.0 Å². The monoisotopic (exact) mass is 262 g/mol. The number of benzene rings is 1. The Hall–Kier alpha value is -1.64. The molecular formula is C16H22O3. The minimum atomic E-state index is -0.349. The van der Waals surface area contributed by atoms with E-state index >= 15 is 0 Å². The van der Waals surface area contributed by atoms with E-state index in [0.29, 0.717) is 17.9 Å². The second-order valence-corrected chi connectivity index (χ2v) is 5.35. The predicted octanol–water partition coefficient (Wildman–Crippen LogP) is 3.40. The topological polar surface area (TPSA) is 43.4 Å². The molecule has 1 aromatic carbocycles. The second kappa shape index (κ2) is 7.07. The molecule has 0 saturated heterocycles. The van der Waals surface area contributed by atoms with Crippen molar-refractivity contribution in [3.05, 3.63) is 35.4 Å². The van der Waals surface area contributed by atoms with Gasteiger partial charge in [0.25, 0.3) is 0 Å².